The minimum absolute atomic E-state index is 0.280. The molecule has 0 aromatic carbocycles. The van der Waals surface area contributed by atoms with E-state index in [1.165, 1.54) is 12.8 Å². The third kappa shape index (κ3) is 3.00. The van der Waals surface area contributed by atoms with Crippen molar-refractivity contribution in [3.05, 3.63) is 17.2 Å². The number of rotatable bonds is 3. The van der Waals surface area contributed by atoms with Crippen LogP contribution in [0, 0.1) is 5.92 Å². The summed E-state index contributed by atoms with van der Waals surface area (Å²) in [6.45, 7) is 5.17. The number of aromatic nitrogens is 2. The Morgan fingerprint density at radius 3 is 3.00 bits per heavy atom. The molecule has 2 rings (SSSR count). The van der Waals surface area contributed by atoms with E-state index in [9.17, 15) is 0 Å². The first-order chi connectivity index (χ1) is 8.08. The highest BCUT2D eigenvalue weighted by molar-refractivity contribution is 6.29. The lowest BCUT2D eigenvalue weighted by Gasteiger charge is -2.34. The van der Waals surface area contributed by atoms with Crippen molar-refractivity contribution in [3.63, 3.8) is 0 Å². The van der Waals surface area contributed by atoms with Crippen molar-refractivity contribution in [2.24, 2.45) is 18.7 Å². The molecule has 1 aliphatic heterocycles. The van der Waals surface area contributed by atoms with E-state index in [0.29, 0.717) is 11.1 Å². The highest BCUT2D eigenvalue weighted by Crippen LogP contribution is 2.20. The van der Waals surface area contributed by atoms with E-state index < -0.39 is 0 Å². The molecule has 1 aromatic rings. The van der Waals surface area contributed by atoms with Crippen LogP contribution in [0.2, 0.25) is 5.15 Å². The molecule has 0 amide bonds. The number of halogens is 1. The number of imidazole rings is 1. The van der Waals surface area contributed by atoms with Crippen LogP contribution < -0.4 is 5.73 Å². The lowest BCUT2D eigenvalue weighted by atomic mass is 9.92. The lowest BCUT2D eigenvalue weighted by Crippen LogP contribution is -2.42. The Kier molecular flexibility index (Phi) is 4.07. The van der Waals surface area contributed by atoms with Gasteiger partial charge in [-0.05, 0) is 32.2 Å². The molecular weight excluding hydrogens is 236 g/mol. The fourth-order valence-corrected chi connectivity index (χ4v) is 2.58. The maximum Gasteiger partial charge on any atom is 0.128 e. The van der Waals surface area contributed by atoms with E-state index >= 15 is 0 Å². The Hall–Kier alpha value is -0.580. The summed E-state index contributed by atoms with van der Waals surface area (Å²) in [6, 6.07) is 0.280. The van der Waals surface area contributed by atoms with E-state index in [1.807, 2.05) is 11.6 Å². The van der Waals surface area contributed by atoms with Gasteiger partial charge in [0, 0.05) is 19.6 Å². The zero-order valence-electron chi connectivity index (χ0n) is 10.6. The molecule has 0 bridgehead atoms. The quantitative estimate of drug-likeness (QED) is 0.894. The van der Waals surface area contributed by atoms with Crippen LogP contribution >= 0.6 is 11.6 Å². The predicted molar refractivity (Wildman–Crippen MR) is 69.9 cm³/mol. The average molecular weight is 257 g/mol. The molecule has 1 aromatic heterocycles. The number of likely N-dealkylation sites (tertiary alicyclic amines) is 1. The third-order valence-electron chi connectivity index (χ3n) is 3.68. The summed E-state index contributed by atoms with van der Waals surface area (Å²) in [6.07, 6.45) is 4.18. The maximum atomic E-state index is 5.99. The van der Waals surface area contributed by atoms with E-state index in [4.69, 9.17) is 17.3 Å². The van der Waals surface area contributed by atoms with Crippen LogP contribution in [0.3, 0.4) is 0 Å². The zero-order chi connectivity index (χ0) is 12.4. The molecule has 4 nitrogen and oxygen atoms in total. The van der Waals surface area contributed by atoms with Gasteiger partial charge in [0.05, 0.1) is 12.7 Å². The highest BCUT2D eigenvalue weighted by Gasteiger charge is 2.23. The molecule has 1 fully saturated rings. The van der Waals surface area contributed by atoms with Gasteiger partial charge in [-0.1, -0.05) is 11.6 Å². The second-order valence-corrected chi connectivity index (χ2v) is 5.44. The Morgan fingerprint density at radius 2 is 2.41 bits per heavy atom. The molecule has 0 radical (unpaired) electrons. The van der Waals surface area contributed by atoms with Gasteiger partial charge < -0.3 is 10.3 Å². The summed E-state index contributed by atoms with van der Waals surface area (Å²) in [5.41, 5.74) is 5.99. The maximum absolute atomic E-state index is 5.99. The second kappa shape index (κ2) is 5.38. The van der Waals surface area contributed by atoms with Crippen LogP contribution in [0.25, 0.3) is 0 Å². The van der Waals surface area contributed by atoms with Crippen molar-refractivity contribution in [2.75, 3.05) is 13.1 Å². The molecule has 2 unspecified atom stereocenters. The molecule has 17 heavy (non-hydrogen) atoms. The van der Waals surface area contributed by atoms with Crippen molar-refractivity contribution in [2.45, 2.75) is 32.4 Å². The molecule has 1 saturated heterocycles. The summed E-state index contributed by atoms with van der Waals surface area (Å²) in [4.78, 5) is 6.76. The van der Waals surface area contributed by atoms with Crippen LogP contribution in [0.4, 0.5) is 0 Å². The van der Waals surface area contributed by atoms with Crippen molar-refractivity contribution in [3.8, 4) is 0 Å². The van der Waals surface area contributed by atoms with Gasteiger partial charge in [-0.2, -0.15) is 0 Å². The third-order valence-corrected chi connectivity index (χ3v) is 4.03. The topological polar surface area (TPSA) is 47.1 Å². The molecule has 0 aliphatic carbocycles. The first-order valence-corrected chi connectivity index (χ1v) is 6.59. The summed E-state index contributed by atoms with van der Waals surface area (Å²) in [7, 11) is 1.96. The number of piperidine rings is 1. The Labute approximate surface area is 108 Å². The Bertz CT molecular complexity index is 375. The van der Waals surface area contributed by atoms with E-state index in [0.717, 1.165) is 25.5 Å². The van der Waals surface area contributed by atoms with Gasteiger partial charge in [-0.3, -0.25) is 4.90 Å². The molecule has 2 N–H and O–H groups in total. The monoisotopic (exact) mass is 256 g/mol. The van der Waals surface area contributed by atoms with Crippen molar-refractivity contribution in [1.29, 1.82) is 0 Å². The van der Waals surface area contributed by atoms with Crippen molar-refractivity contribution in [1.82, 2.24) is 14.5 Å². The number of nitrogens with two attached hydrogens (primary N) is 1. The molecule has 0 spiro atoms. The predicted octanol–water partition coefficient (Wildman–Crippen LogP) is 1.63. The lowest BCUT2D eigenvalue weighted by molar-refractivity contribution is 0.150. The molecule has 5 heteroatoms. The summed E-state index contributed by atoms with van der Waals surface area (Å²) < 4.78 is 1.94. The number of nitrogens with zero attached hydrogens (tertiary/aromatic N) is 3. The van der Waals surface area contributed by atoms with Gasteiger partial charge in [0.15, 0.2) is 0 Å². The molecule has 96 valence electrons. The van der Waals surface area contributed by atoms with Crippen LogP contribution in [-0.4, -0.2) is 33.6 Å². The standard InChI is InChI=1S/C12H21ClN4/c1-9(14)10-4-3-5-17(7-10)8-12-15-6-11(13)16(12)2/h6,9-10H,3-5,7-8,14H2,1-2H3. The van der Waals surface area contributed by atoms with Crippen molar-refractivity contribution >= 4 is 11.6 Å². The fourth-order valence-electron chi connectivity index (χ4n) is 2.44. The largest absolute Gasteiger partial charge is 0.328 e. The van der Waals surface area contributed by atoms with Gasteiger partial charge in [0.25, 0.3) is 0 Å². The number of hydrogen-bond acceptors (Lipinski definition) is 3. The average Bonchev–Trinajstić information content (AvgIpc) is 2.61. The van der Waals surface area contributed by atoms with Gasteiger partial charge in [-0.25, -0.2) is 4.98 Å². The van der Waals surface area contributed by atoms with Crippen LogP contribution in [-0.2, 0) is 13.6 Å². The van der Waals surface area contributed by atoms with Crippen LogP contribution in [0.15, 0.2) is 6.20 Å². The van der Waals surface area contributed by atoms with Gasteiger partial charge in [-0.15, -0.1) is 0 Å². The summed E-state index contributed by atoms with van der Waals surface area (Å²) in [5, 5.41) is 0.695. The van der Waals surface area contributed by atoms with E-state index in [-0.39, 0.29) is 6.04 Å². The van der Waals surface area contributed by atoms with Gasteiger partial charge in [0.1, 0.15) is 11.0 Å². The number of hydrogen-bond donors (Lipinski definition) is 1. The molecular formula is C12H21ClN4. The summed E-state index contributed by atoms with van der Waals surface area (Å²) >= 11 is 5.99. The summed E-state index contributed by atoms with van der Waals surface area (Å²) in [5.74, 6) is 1.64. The van der Waals surface area contributed by atoms with Gasteiger partial charge >= 0.3 is 0 Å². The molecule has 0 saturated carbocycles. The normalized spacial score (nSPS) is 23.9. The minimum Gasteiger partial charge on any atom is -0.328 e. The van der Waals surface area contributed by atoms with Crippen LogP contribution in [0.1, 0.15) is 25.6 Å². The first kappa shape index (κ1) is 12.9. The van der Waals surface area contributed by atoms with Gasteiger partial charge in [0.2, 0.25) is 0 Å². The molecule has 2 heterocycles. The van der Waals surface area contributed by atoms with E-state index in [2.05, 4.69) is 16.8 Å². The zero-order valence-corrected chi connectivity index (χ0v) is 11.3. The molecule has 1 aliphatic rings. The Morgan fingerprint density at radius 1 is 1.65 bits per heavy atom. The SMILES string of the molecule is CC(N)C1CCCN(Cc2ncc(Cl)n2C)C1. The fraction of sp³-hybridized carbons (Fsp3) is 0.750. The second-order valence-electron chi connectivity index (χ2n) is 5.05. The Balaban J connectivity index is 1.97. The molecule has 2 atom stereocenters. The van der Waals surface area contributed by atoms with Crippen LogP contribution in [0.5, 0.6) is 0 Å². The minimum atomic E-state index is 0.280. The van der Waals surface area contributed by atoms with Crippen molar-refractivity contribution < 1.29 is 0 Å². The first-order valence-electron chi connectivity index (χ1n) is 6.22. The smallest absolute Gasteiger partial charge is 0.128 e. The highest BCUT2D eigenvalue weighted by atomic mass is 35.5. The van der Waals surface area contributed by atoms with E-state index in [1.54, 1.807) is 6.20 Å².